The smallest absolute Gasteiger partial charge is 0.269 e. The molecule has 2 aromatic rings. The van der Waals surface area contributed by atoms with Gasteiger partial charge in [0.2, 0.25) is 0 Å². The van der Waals surface area contributed by atoms with Crippen LogP contribution in [0.25, 0.3) is 0 Å². The fraction of sp³-hybridized carbons (Fsp3) is 0.375. The van der Waals surface area contributed by atoms with Gasteiger partial charge in [0.15, 0.2) is 0 Å². The number of anilines is 1. The van der Waals surface area contributed by atoms with Gasteiger partial charge in [-0.1, -0.05) is 0 Å². The Balaban J connectivity index is 1.93. The van der Waals surface area contributed by atoms with Gasteiger partial charge >= 0.3 is 0 Å². The molecule has 1 aromatic heterocycles. The fourth-order valence-electron chi connectivity index (χ4n) is 2.66. The van der Waals surface area contributed by atoms with E-state index in [-0.39, 0.29) is 17.1 Å². The number of non-ortho nitro benzene ring substituents is 1. The lowest BCUT2D eigenvalue weighted by atomic mass is 10.1. The second kappa shape index (κ2) is 6.07. The van der Waals surface area contributed by atoms with Crippen molar-refractivity contribution in [2.24, 2.45) is 0 Å². The highest BCUT2D eigenvalue weighted by molar-refractivity contribution is 7.83. The fourth-order valence-corrected chi connectivity index (χ4v) is 3.92. The van der Waals surface area contributed by atoms with E-state index in [1.807, 2.05) is 20.8 Å². The number of nitrogens with zero attached hydrogens (tertiary/aromatic N) is 3. The molecule has 0 saturated heterocycles. The van der Waals surface area contributed by atoms with Crippen LogP contribution in [0.4, 0.5) is 11.5 Å². The number of nitro benzene ring substituents is 1. The van der Waals surface area contributed by atoms with Crippen LogP contribution in [0.15, 0.2) is 24.3 Å². The van der Waals surface area contributed by atoms with Crippen molar-refractivity contribution in [2.75, 3.05) is 5.32 Å². The standard InChI is InChI=1S/C16H18N4O4S/c1-16(2,3)19-14(12-8-25(24)9-13(12)18-19)17-15(21)10-4-6-11(7-5-10)20(22)23/h4-7H,8-9H2,1-3H3,(H,17,21)/t25-/m1/s1. The van der Waals surface area contributed by atoms with E-state index in [4.69, 9.17) is 0 Å². The van der Waals surface area contributed by atoms with E-state index in [9.17, 15) is 19.1 Å². The molecule has 1 N–H and O–H groups in total. The van der Waals surface area contributed by atoms with Crippen LogP contribution in [-0.2, 0) is 27.8 Å². The summed E-state index contributed by atoms with van der Waals surface area (Å²) in [6.07, 6.45) is 0. The van der Waals surface area contributed by atoms with E-state index in [1.54, 1.807) is 4.68 Å². The molecule has 1 atom stereocenters. The first-order chi connectivity index (χ1) is 11.7. The van der Waals surface area contributed by atoms with Gasteiger partial charge < -0.3 is 5.32 Å². The first-order valence-corrected chi connectivity index (χ1v) is 9.17. The van der Waals surface area contributed by atoms with Gasteiger partial charge in [0, 0.05) is 34.1 Å². The number of rotatable bonds is 3. The van der Waals surface area contributed by atoms with Crippen molar-refractivity contribution in [3.05, 3.63) is 51.2 Å². The first-order valence-electron chi connectivity index (χ1n) is 7.69. The van der Waals surface area contributed by atoms with Crippen LogP contribution < -0.4 is 5.32 Å². The van der Waals surface area contributed by atoms with Crippen molar-refractivity contribution in [2.45, 2.75) is 37.8 Å². The number of nitrogens with one attached hydrogen (secondary N) is 1. The molecular formula is C16H18N4O4S. The van der Waals surface area contributed by atoms with E-state index >= 15 is 0 Å². The number of nitro groups is 1. The molecular weight excluding hydrogens is 344 g/mol. The summed E-state index contributed by atoms with van der Waals surface area (Å²) >= 11 is 0. The number of benzene rings is 1. The topological polar surface area (TPSA) is 107 Å². The third-order valence-electron chi connectivity index (χ3n) is 3.88. The molecule has 0 fully saturated rings. The van der Waals surface area contributed by atoms with Crippen LogP contribution in [-0.4, -0.2) is 24.8 Å². The van der Waals surface area contributed by atoms with Gasteiger partial charge in [0.05, 0.1) is 27.7 Å². The van der Waals surface area contributed by atoms with Crippen LogP contribution >= 0.6 is 0 Å². The molecule has 1 aliphatic heterocycles. The average molecular weight is 362 g/mol. The third kappa shape index (κ3) is 3.32. The zero-order valence-electron chi connectivity index (χ0n) is 14.1. The van der Waals surface area contributed by atoms with Crippen LogP contribution in [0.2, 0.25) is 0 Å². The number of carbonyl (C=O) groups is 1. The van der Waals surface area contributed by atoms with Crippen molar-refractivity contribution in [1.82, 2.24) is 9.78 Å². The minimum atomic E-state index is -1.00. The third-order valence-corrected chi connectivity index (χ3v) is 5.08. The maximum Gasteiger partial charge on any atom is 0.269 e. The summed E-state index contributed by atoms with van der Waals surface area (Å²) in [5.74, 6) is 0.901. The molecule has 0 radical (unpaired) electrons. The zero-order valence-corrected chi connectivity index (χ0v) is 14.9. The number of aromatic nitrogens is 2. The zero-order chi connectivity index (χ0) is 18.4. The predicted molar refractivity (Wildman–Crippen MR) is 93.8 cm³/mol. The largest absolute Gasteiger partial charge is 0.306 e. The van der Waals surface area contributed by atoms with E-state index in [0.717, 1.165) is 11.3 Å². The maximum atomic E-state index is 12.6. The molecule has 1 aromatic carbocycles. The molecule has 25 heavy (non-hydrogen) atoms. The highest BCUT2D eigenvalue weighted by Crippen LogP contribution is 2.33. The monoisotopic (exact) mass is 362 g/mol. The van der Waals surface area contributed by atoms with Gasteiger partial charge in [-0.05, 0) is 32.9 Å². The highest BCUT2D eigenvalue weighted by Gasteiger charge is 2.31. The van der Waals surface area contributed by atoms with Gasteiger partial charge in [-0.2, -0.15) is 5.10 Å². The van der Waals surface area contributed by atoms with Crippen LogP contribution in [0.1, 0.15) is 42.4 Å². The number of hydrogen-bond donors (Lipinski definition) is 1. The lowest BCUT2D eigenvalue weighted by molar-refractivity contribution is -0.384. The molecule has 2 heterocycles. The Morgan fingerprint density at radius 3 is 2.48 bits per heavy atom. The van der Waals surface area contributed by atoms with E-state index in [1.165, 1.54) is 24.3 Å². The molecule has 0 unspecified atom stereocenters. The minimum absolute atomic E-state index is 0.0763. The van der Waals surface area contributed by atoms with Crippen LogP contribution in [0.3, 0.4) is 0 Å². The van der Waals surface area contributed by atoms with Crippen molar-refractivity contribution >= 4 is 28.2 Å². The average Bonchev–Trinajstić information content (AvgIpc) is 3.04. The molecule has 0 saturated carbocycles. The van der Waals surface area contributed by atoms with Crippen molar-refractivity contribution in [3.8, 4) is 0 Å². The number of carbonyl (C=O) groups excluding carboxylic acids is 1. The lowest BCUT2D eigenvalue weighted by Gasteiger charge is -2.23. The summed E-state index contributed by atoms with van der Waals surface area (Å²) in [5, 5.41) is 18.1. The Bertz CT molecular complexity index is 881. The molecule has 132 valence electrons. The van der Waals surface area contributed by atoms with Crippen LogP contribution in [0, 0.1) is 10.1 Å². The van der Waals surface area contributed by atoms with Crippen molar-refractivity contribution < 1.29 is 13.9 Å². The van der Waals surface area contributed by atoms with E-state index in [2.05, 4.69) is 10.4 Å². The molecule has 8 nitrogen and oxygen atoms in total. The first kappa shape index (κ1) is 17.3. The number of fused-ring (bicyclic) bond motifs is 1. The predicted octanol–water partition coefficient (Wildman–Crippen LogP) is 2.56. The van der Waals surface area contributed by atoms with E-state index < -0.39 is 15.7 Å². The van der Waals surface area contributed by atoms with Gasteiger partial charge in [-0.25, -0.2) is 4.68 Å². The Morgan fingerprint density at radius 2 is 1.92 bits per heavy atom. The summed E-state index contributed by atoms with van der Waals surface area (Å²) in [6, 6.07) is 5.39. The molecule has 0 aliphatic carbocycles. The normalized spacial score (nSPS) is 16.5. The summed E-state index contributed by atoms with van der Waals surface area (Å²) in [7, 11) is -1.00. The summed E-state index contributed by atoms with van der Waals surface area (Å²) in [6.45, 7) is 5.90. The van der Waals surface area contributed by atoms with Crippen molar-refractivity contribution in [3.63, 3.8) is 0 Å². The molecule has 1 amide bonds. The van der Waals surface area contributed by atoms with E-state index in [0.29, 0.717) is 22.9 Å². The van der Waals surface area contributed by atoms with Gasteiger partial charge in [-0.3, -0.25) is 19.1 Å². The molecule has 0 spiro atoms. The second-order valence-electron chi connectivity index (χ2n) is 6.84. The van der Waals surface area contributed by atoms with Crippen LogP contribution in [0.5, 0.6) is 0 Å². The lowest BCUT2D eigenvalue weighted by Crippen LogP contribution is -2.27. The Morgan fingerprint density at radius 1 is 1.28 bits per heavy atom. The minimum Gasteiger partial charge on any atom is -0.306 e. The number of amides is 1. The Labute approximate surface area is 146 Å². The molecule has 3 rings (SSSR count). The quantitative estimate of drug-likeness (QED) is 0.667. The van der Waals surface area contributed by atoms with Crippen molar-refractivity contribution in [1.29, 1.82) is 0 Å². The summed E-state index contributed by atoms with van der Waals surface area (Å²) in [5.41, 5.74) is 1.41. The highest BCUT2D eigenvalue weighted by atomic mass is 32.2. The maximum absolute atomic E-state index is 12.6. The SMILES string of the molecule is CC(C)(C)n1nc2c(c1NC(=O)c1ccc([N+](=O)[O-])cc1)C[S@@](=O)C2. The summed E-state index contributed by atoms with van der Waals surface area (Å²) < 4.78 is 13.6. The molecule has 0 bridgehead atoms. The van der Waals surface area contributed by atoms with Gasteiger partial charge in [0.25, 0.3) is 11.6 Å². The summed E-state index contributed by atoms with van der Waals surface area (Å²) in [4.78, 5) is 22.8. The second-order valence-corrected chi connectivity index (χ2v) is 8.30. The molecule has 1 aliphatic rings. The Kier molecular flexibility index (Phi) is 4.19. The Hall–Kier alpha value is -2.55. The molecule has 9 heteroatoms. The van der Waals surface area contributed by atoms with Gasteiger partial charge in [0.1, 0.15) is 5.82 Å². The van der Waals surface area contributed by atoms with Gasteiger partial charge in [-0.15, -0.1) is 0 Å². The number of hydrogen-bond acceptors (Lipinski definition) is 5.